The third-order valence-corrected chi connectivity index (χ3v) is 3.50. The molecule has 0 amide bonds. The van der Waals surface area contributed by atoms with Gasteiger partial charge in [0, 0.05) is 13.6 Å². The molecule has 1 aromatic carbocycles. The van der Waals surface area contributed by atoms with Crippen molar-refractivity contribution in [3.05, 3.63) is 45.1 Å². The molecule has 0 saturated carbocycles. The first-order valence-corrected chi connectivity index (χ1v) is 6.89. The minimum Gasteiger partial charge on any atom is -0.393 e. The van der Waals surface area contributed by atoms with Crippen molar-refractivity contribution < 1.29 is 5.11 Å². The summed E-state index contributed by atoms with van der Waals surface area (Å²) in [5, 5.41) is 9.80. The van der Waals surface area contributed by atoms with E-state index < -0.39 is 0 Å². The Morgan fingerprint density at radius 3 is 2.60 bits per heavy atom. The van der Waals surface area contributed by atoms with Crippen molar-refractivity contribution in [1.29, 1.82) is 0 Å². The molecule has 0 bridgehead atoms. The van der Waals surface area contributed by atoms with Crippen LogP contribution in [0.3, 0.4) is 0 Å². The number of rotatable bonds is 5. The van der Waals surface area contributed by atoms with E-state index >= 15 is 0 Å². The summed E-state index contributed by atoms with van der Waals surface area (Å²) in [6.45, 7) is 2.31. The standard InChI is InChI=1S/C15H20N2O3/c1-11(18)7-5-6-10-17-13-9-4-3-8-12(13)14(19)16(2)15(17)20/h3-4,8-9,11,18H,5-7,10H2,1-2H3. The van der Waals surface area contributed by atoms with Crippen LogP contribution in [0.2, 0.25) is 0 Å². The fourth-order valence-corrected chi connectivity index (χ4v) is 2.37. The summed E-state index contributed by atoms with van der Waals surface area (Å²) in [5.74, 6) is 0. The van der Waals surface area contributed by atoms with Crippen LogP contribution in [0.5, 0.6) is 0 Å². The molecule has 108 valence electrons. The highest BCUT2D eigenvalue weighted by atomic mass is 16.3. The zero-order valence-corrected chi connectivity index (χ0v) is 11.9. The summed E-state index contributed by atoms with van der Waals surface area (Å²) in [4.78, 5) is 24.2. The first-order chi connectivity index (χ1) is 9.52. The Hall–Kier alpha value is -1.88. The number of benzene rings is 1. The second-order valence-corrected chi connectivity index (χ2v) is 5.16. The molecule has 0 radical (unpaired) electrons. The Bertz CT molecular complexity index is 713. The number of hydrogen-bond acceptors (Lipinski definition) is 3. The lowest BCUT2D eigenvalue weighted by molar-refractivity contribution is 0.180. The van der Waals surface area contributed by atoms with Crippen LogP contribution in [0.15, 0.2) is 33.9 Å². The summed E-state index contributed by atoms with van der Waals surface area (Å²) in [5.41, 5.74) is 0.134. The maximum Gasteiger partial charge on any atom is 0.331 e. The quantitative estimate of drug-likeness (QED) is 0.836. The van der Waals surface area contributed by atoms with E-state index in [2.05, 4.69) is 0 Å². The van der Waals surface area contributed by atoms with Crippen LogP contribution >= 0.6 is 0 Å². The van der Waals surface area contributed by atoms with Crippen molar-refractivity contribution >= 4 is 10.9 Å². The van der Waals surface area contributed by atoms with E-state index in [1.54, 1.807) is 29.7 Å². The highest BCUT2D eigenvalue weighted by Gasteiger charge is 2.09. The molecule has 5 heteroatoms. The minimum atomic E-state index is -0.316. The van der Waals surface area contributed by atoms with Crippen LogP contribution in [0.1, 0.15) is 26.2 Å². The molecule has 1 atom stereocenters. The molecule has 0 fully saturated rings. The summed E-state index contributed by atoms with van der Waals surface area (Å²) in [7, 11) is 1.50. The van der Waals surface area contributed by atoms with E-state index in [0.29, 0.717) is 17.4 Å². The predicted octanol–water partition coefficient (Wildman–Crippen LogP) is 1.25. The number of nitrogens with zero attached hydrogens (tertiary/aromatic N) is 2. The van der Waals surface area contributed by atoms with Gasteiger partial charge in [-0.05, 0) is 38.3 Å². The van der Waals surface area contributed by atoms with E-state index in [-0.39, 0.29) is 17.4 Å². The molecule has 2 aromatic rings. The topological polar surface area (TPSA) is 64.2 Å². The van der Waals surface area contributed by atoms with Crippen molar-refractivity contribution in [3.63, 3.8) is 0 Å². The van der Waals surface area contributed by atoms with Gasteiger partial charge in [-0.2, -0.15) is 0 Å². The van der Waals surface area contributed by atoms with Gasteiger partial charge in [-0.3, -0.25) is 13.9 Å². The molecule has 1 unspecified atom stereocenters. The van der Waals surface area contributed by atoms with Crippen LogP contribution in [0.4, 0.5) is 0 Å². The number of unbranched alkanes of at least 4 members (excludes halogenated alkanes) is 1. The van der Waals surface area contributed by atoms with Crippen molar-refractivity contribution in [2.45, 2.75) is 38.8 Å². The highest BCUT2D eigenvalue weighted by Crippen LogP contribution is 2.09. The number of para-hydroxylation sites is 1. The minimum absolute atomic E-state index is 0.258. The molecule has 0 aliphatic heterocycles. The first-order valence-electron chi connectivity index (χ1n) is 6.89. The number of fused-ring (bicyclic) bond motifs is 1. The van der Waals surface area contributed by atoms with E-state index in [9.17, 15) is 14.7 Å². The molecule has 20 heavy (non-hydrogen) atoms. The Morgan fingerprint density at radius 1 is 1.20 bits per heavy atom. The van der Waals surface area contributed by atoms with Crippen molar-refractivity contribution in [2.24, 2.45) is 7.05 Å². The fourth-order valence-electron chi connectivity index (χ4n) is 2.37. The van der Waals surface area contributed by atoms with Crippen LogP contribution < -0.4 is 11.2 Å². The molecule has 0 aliphatic carbocycles. The molecule has 0 spiro atoms. The van der Waals surface area contributed by atoms with Gasteiger partial charge in [-0.25, -0.2) is 4.79 Å². The molecule has 1 heterocycles. The van der Waals surface area contributed by atoms with Crippen molar-refractivity contribution in [2.75, 3.05) is 0 Å². The number of aryl methyl sites for hydroxylation is 1. The average molecular weight is 276 g/mol. The van der Waals surface area contributed by atoms with E-state index in [1.807, 2.05) is 6.07 Å². The van der Waals surface area contributed by atoms with Gasteiger partial charge < -0.3 is 5.11 Å². The van der Waals surface area contributed by atoms with Gasteiger partial charge in [-0.1, -0.05) is 12.1 Å². The van der Waals surface area contributed by atoms with E-state index in [4.69, 9.17) is 0 Å². The predicted molar refractivity (Wildman–Crippen MR) is 79.0 cm³/mol. The number of aliphatic hydroxyl groups excluding tert-OH is 1. The van der Waals surface area contributed by atoms with Gasteiger partial charge in [0.1, 0.15) is 0 Å². The van der Waals surface area contributed by atoms with Crippen molar-refractivity contribution in [1.82, 2.24) is 9.13 Å². The summed E-state index contributed by atoms with van der Waals surface area (Å²) in [6.07, 6.45) is 2.05. The second kappa shape index (κ2) is 6.05. The van der Waals surface area contributed by atoms with Crippen molar-refractivity contribution in [3.8, 4) is 0 Å². The third-order valence-electron chi connectivity index (χ3n) is 3.50. The lowest BCUT2D eigenvalue weighted by Crippen LogP contribution is -2.38. The maximum atomic E-state index is 12.2. The Morgan fingerprint density at radius 2 is 1.90 bits per heavy atom. The number of aliphatic hydroxyl groups is 1. The van der Waals surface area contributed by atoms with Crippen LogP contribution in [-0.2, 0) is 13.6 Å². The molecule has 1 aromatic heterocycles. The first kappa shape index (κ1) is 14.5. The third kappa shape index (κ3) is 2.82. The van der Waals surface area contributed by atoms with E-state index in [1.165, 1.54) is 7.05 Å². The van der Waals surface area contributed by atoms with Gasteiger partial charge in [0.2, 0.25) is 0 Å². The highest BCUT2D eigenvalue weighted by molar-refractivity contribution is 5.77. The molecule has 2 rings (SSSR count). The zero-order valence-electron chi connectivity index (χ0n) is 11.9. The van der Waals surface area contributed by atoms with Gasteiger partial charge in [0.15, 0.2) is 0 Å². The fraction of sp³-hybridized carbons (Fsp3) is 0.467. The zero-order chi connectivity index (χ0) is 14.7. The molecule has 5 nitrogen and oxygen atoms in total. The van der Waals surface area contributed by atoms with Gasteiger partial charge in [0.25, 0.3) is 5.56 Å². The van der Waals surface area contributed by atoms with Crippen LogP contribution in [0, 0.1) is 0 Å². The Balaban J connectivity index is 2.37. The van der Waals surface area contributed by atoms with Crippen LogP contribution in [0.25, 0.3) is 10.9 Å². The second-order valence-electron chi connectivity index (χ2n) is 5.16. The van der Waals surface area contributed by atoms with E-state index in [0.717, 1.165) is 23.8 Å². The monoisotopic (exact) mass is 276 g/mol. The average Bonchev–Trinajstić information content (AvgIpc) is 2.44. The Kier molecular flexibility index (Phi) is 4.39. The van der Waals surface area contributed by atoms with Crippen LogP contribution in [-0.4, -0.2) is 20.3 Å². The molecule has 0 saturated heterocycles. The number of hydrogen-bond donors (Lipinski definition) is 1. The van der Waals surface area contributed by atoms with Gasteiger partial charge in [0.05, 0.1) is 17.0 Å². The summed E-state index contributed by atoms with van der Waals surface area (Å²) in [6, 6.07) is 7.16. The van der Waals surface area contributed by atoms with Gasteiger partial charge >= 0.3 is 5.69 Å². The lowest BCUT2D eigenvalue weighted by Gasteiger charge is -2.12. The smallest absolute Gasteiger partial charge is 0.331 e. The largest absolute Gasteiger partial charge is 0.393 e. The normalized spacial score (nSPS) is 12.8. The number of aromatic nitrogens is 2. The summed E-state index contributed by atoms with van der Waals surface area (Å²) < 4.78 is 2.79. The molecule has 1 N–H and O–H groups in total. The molecular formula is C15H20N2O3. The SMILES string of the molecule is CC(O)CCCCn1c(=O)n(C)c(=O)c2ccccc21. The lowest BCUT2D eigenvalue weighted by atomic mass is 10.1. The summed E-state index contributed by atoms with van der Waals surface area (Å²) >= 11 is 0. The molecule has 0 aliphatic rings. The maximum absolute atomic E-state index is 12.2. The Labute approximate surface area is 117 Å². The molecular weight excluding hydrogens is 256 g/mol. The van der Waals surface area contributed by atoms with Gasteiger partial charge in [-0.15, -0.1) is 0 Å².